The van der Waals surface area contributed by atoms with Gasteiger partial charge >= 0.3 is 17.9 Å². The molecule has 380 valence electrons. The summed E-state index contributed by atoms with van der Waals surface area (Å²) in [5, 5.41) is 0. The Kier molecular flexibility index (Phi) is 51.5. The van der Waals surface area contributed by atoms with Crippen LogP contribution in [0.25, 0.3) is 0 Å². The average molecular weight is 929 g/mol. The van der Waals surface area contributed by atoms with E-state index in [0.29, 0.717) is 25.7 Å². The number of carbonyl (C=O) groups excluding carboxylic acids is 3. The van der Waals surface area contributed by atoms with Crippen LogP contribution in [0.2, 0.25) is 0 Å². The van der Waals surface area contributed by atoms with Crippen LogP contribution in [-0.2, 0) is 28.6 Å². The molecule has 0 heterocycles. The van der Waals surface area contributed by atoms with Gasteiger partial charge in [0.05, 0.1) is 0 Å². The quantitative estimate of drug-likeness (QED) is 0.0262. The number of hydrogen-bond acceptors (Lipinski definition) is 6. The zero-order valence-corrected chi connectivity index (χ0v) is 43.4. The maximum Gasteiger partial charge on any atom is 0.306 e. The topological polar surface area (TPSA) is 78.9 Å². The monoisotopic (exact) mass is 929 g/mol. The molecule has 0 aliphatic heterocycles. The first kappa shape index (κ1) is 63.1. The number of esters is 3. The molecule has 0 aliphatic rings. The molecule has 0 spiro atoms. The molecule has 6 heteroatoms. The fourth-order valence-corrected chi connectivity index (χ4v) is 7.23. The maximum absolute atomic E-state index is 12.8. The summed E-state index contributed by atoms with van der Waals surface area (Å²) in [6.45, 7) is 6.33. The number of allylic oxidation sites excluding steroid dienone is 18. The van der Waals surface area contributed by atoms with Gasteiger partial charge in [0.1, 0.15) is 13.2 Å². The SMILES string of the molecule is CC/C=C\C/C=C\C/C=C\C/C=C\C/C=C\CCCC(=O)OCC(COC(=O)CCCC/C=C\C/C=C\C/C=C\C/C=C\CC)OC(=O)CCCCCCCCCCCCCCCCCCC. The lowest BCUT2D eigenvalue weighted by Crippen LogP contribution is -2.30. The predicted molar refractivity (Wildman–Crippen MR) is 288 cm³/mol. The lowest BCUT2D eigenvalue weighted by Gasteiger charge is -2.18. The maximum atomic E-state index is 12.8. The zero-order valence-electron chi connectivity index (χ0n) is 43.4. The Bertz CT molecular complexity index is 1390. The van der Waals surface area contributed by atoms with Crippen molar-refractivity contribution in [1.29, 1.82) is 0 Å². The van der Waals surface area contributed by atoms with E-state index in [0.717, 1.165) is 96.3 Å². The molecule has 0 aliphatic carbocycles. The van der Waals surface area contributed by atoms with Gasteiger partial charge < -0.3 is 14.2 Å². The number of unbranched alkanes of at least 4 members (excludes halogenated alkanes) is 19. The van der Waals surface area contributed by atoms with Gasteiger partial charge in [0.25, 0.3) is 0 Å². The summed E-state index contributed by atoms with van der Waals surface area (Å²) in [5.74, 6) is -1.01. The van der Waals surface area contributed by atoms with E-state index in [2.05, 4.69) is 130 Å². The standard InChI is InChI=1S/C61H100O6/c1-4-7-10-13-16-19-22-25-28-30-33-36-39-42-45-48-51-54-60(63)66-57-58(56-65-59(62)53-50-47-44-41-38-35-32-27-24-21-18-15-12-9-6-3)67-61(64)55-52-49-46-43-40-37-34-31-29-26-23-20-17-14-11-8-5-2/h7,9-10,12,16,18-19,21,25,27-28,32-33,36,38,41-42,45,58H,4-6,8,11,13-15,17,20,22-24,26,29-31,34-35,37,39-40,43-44,46-57H2,1-3H3/b10-7-,12-9-,19-16-,21-18-,28-25-,32-27-,36-33-,41-38-,45-42-. The van der Waals surface area contributed by atoms with E-state index in [1.807, 2.05) is 0 Å². The summed E-state index contributed by atoms with van der Waals surface area (Å²) in [4.78, 5) is 38.1. The molecule has 0 N–H and O–H groups in total. The highest BCUT2D eigenvalue weighted by Crippen LogP contribution is 2.15. The van der Waals surface area contributed by atoms with E-state index in [4.69, 9.17) is 14.2 Å². The van der Waals surface area contributed by atoms with E-state index >= 15 is 0 Å². The van der Waals surface area contributed by atoms with Gasteiger partial charge in [-0.15, -0.1) is 0 Å². The van der Waals surface area contributed by atoms with Crippen molar-refractivity contribution in [2.45, 2.75) is 245 Å². The number of ether oxygens (including phenoxy) is 3. The third-order valence-corrected chi connectivity index (χ3v) is 11.3. The summed E-state index contributed by atoms with van der Waals surface area (Å²) in [6.07, 6.45) is 73.7. The van der Waals surface area contributed by atoms with Crippen LogP contribution in [0.4, 0.5) is 0 Å². The van der Waals surface area contributed by atoms with Crippen LogP contribution in [0.3, 0.4) is 0 Å². The van der Waals surface area contributed by atoms with Crippen molar-refractivity contribution in [3.63, 3.8) is 0 Å². The Morgan fingerprint density at radius 1 is 0.313 bits per heavy atom. The van der Waals surface area contributed by atoms with Crippen LogP contribution in [0.15, 0.2) is 109 Å². The Morgan fingerprint density at radius 3 is 0.970 bits per heavy atom. The van der Waals surface area contributed by atoms with Gasteiger partial charge in [-0.3, -0.25) is 14.4 Å². The number of hydrogen-bond donors (Lipinski definition) is 0. The van der Waals surface area contributed by atoms with E-state index < -0.39 is 6.10 Å². The fraction of sp³-hybridized carbons (Fsp3) is 0.656. The first-order valence-electron chi connectivity index (χ1n) is 27.4. The Morgan fingerprint density at radius 2 is 0.597 bits per heavy atom. The summed E-state index contributed by atoms with van der Waals surface area (Å²) in [6, 6.07) is 0. The molecule has 0 aromatic carbocycles. The Hall–Kier alpha value is -3.93. The van der Waals surface area contributed by atoms with Gasteiger partial charge in [0.15, 0.2) is 6.10 Å². The van der Waals surface area contributed by atoms with Crippen molar-refractivity contribution in [2.75, 3.05) is 13.2 Å². The smallest absolute Gasteiger partial charge is 0.306 e. The van der Waals surface area contributed by atoms with Crippen molar-refractivity contribution in [3.05, 3.63) is 109 Å². The van der Waals surface area contributed by atoms with Crippen molar-refractivity contribution in [3.8, 4) is 0 Å². The van der Waals surface area contributed by atoms with Gasteiger partial charge in [-0.05, 0) is 96.3 Å². The van der Waals surface area contributed by atoms with Crippen molar-refractivity contribution in [1.82, 2.24) is 0 Å². The van der Waals surface area contributed by atoms with Crippen LogP contribution in [0.5, 0.6) is 0 Å². The van der Waals surface area contributed by atoms with E-state index in [1.54, 1.807) is 0 Å². The molecule has 0 rings (SSSR count). The first-order valence-corrected chi connectivity index (χ1v) is 27.4. The second kappa shape index (κ2) is 54.7. The van der Waals surface area contributed by atoms with E-state index in [1.165, 1.54) is 89.9 Å². The third kappa shape index (κ3) is 52.9. The Labute approximate surface area is 412 Å². The van der Waals surface area contributed by atoms with Gasteiger partial charge in [-0.1, -0.05) is 233 Å². The van der Waals surface area contributed by atoms with Crippen LogP contribution in [0.1, 0.15) is 239 Å². The third-order valence-electron chi connectivity index (χ3n) is 11.3. The van der Waals surface area contributed by atoms with Gasteiger partial charge in [-0.2, -0.15) is 0 Å². The largest absolute Gasteiger partial charge is 0.462 e. The molecule has 0 saturated carbocycles. The lowest BCUT2D eigenvalue weighted by atomic mass is 10.0. The van der Waals surface area contributed by atoms with Crippen molar-refractivity contribution >= 4 is 17.9 Å². The second-order valence-corrected chi connectivity index (χ2v) is 17.7. The molecule has 0 aromatic heterocycles. The zero-order chi connectivity index (χ0) is 48.6. The van der Waals surface area contributed by atoms with Crippen LogP contribution in [0, 0.1) is 0 Å². The summed E-state index contributed by atoms with van der Waals surface area (Å²) < 4.78 is 16.8. The van der Waals surface area contributed by atoms with Gasteiger partial charge in [0.2, 0.25) is 0 Å². The van der Waals surface area contributed by atoms with E-state index in [-0.39, 0.29) is 37.5 Å². The summed E-state index contributed by atoms with van der Waals surface area (Å²) in [5.41, 5.74) is 0. The molecule has 6 nitrogen and oxygen atoms in total. The average Bonchev–Trinajstić information content (AvgIpc) is 3.33. The molecule has 0 bridgehead atoms. The predicted octanol–water partition coefficient (Wildman–Crippen LogP) is 18.3. The molecule has 0 amide bonds. The number of carbonyl (C=O) groups is 3. The highest BCUT2D eigenvalue weighted by atomic mass is 16.6. The highest BCUT2D eigenvalue weighted by molar-refractivity contribution is 5.71. The molecular weight excluding hydrogens is 829 g/mol. The van der Waals surface area contributed by atoms with Crippen molar-refractivity contribution < 1.29 is 28.6 Å². The first-order chi connectivity index (χ1) is 33.0. The molecule has 0 saturated heterocycles. The molecule has 0 fully saturated rings. The minimum absolute atomic E-state index is 0.117. The van der Waals surface area contributed by atoms with Gasteiger partial charge in [-0.25, -0.2) is 0 Å². The highest BCUT2D eigenvalue weighted by Gasteiger charge is 2.19. The fourth-order valence-electron chi connectivity index (χ4n) is 7.23. The van der Waals surface area contributed by atoms with Crippen molar-refractivity contribution in [2.24, 2.45) is 0 Å². The van der Waals surface area contributed by atoms with E-state index in [9.17, 15) is 14.4 Å². The minimum Gasteiger partial charge on any atom is -0.462 e. The normalized spacial score (nSPS) is 12.9. The summed E-state index contributed by atoms with van der Waals surface area (Å²) in [7, 11) is 0. The molecule has 0 radical (unpaired) electrons. The minimum atomic E-state index is -0.818. The van der Waals surface area contributed by atoms with Gasteiger partial charge in [0, 0.05) is 19.3 Å². The molecular formula is C61H100O6. The molecule has 0 aromatic rings. The summed E-state index contributed by atoms with van der Waals surface area (Å²) >= 11 is 0. The molecule has 1 atom stereocenters. The van der Waals surface area contributed by atoms with Crippen LogP contribution in [-0.4, -0.2) is 37.2 Å². The molecule has 67 heavy (non-hydrogen) atoms. The van der Waals surface area contributed by atoms with Crippen LogP contribution >= 0.6 is 0 Å². The molecule has 1 unspecified atom stereocenters. The second-order valence-electron chi connectivity index (χ2n) is 17.7. The van der Waals surface area contributed by atoms with Crippen LogP contribution < -0.4 is 0 Å². The number of rotatable bonds is 48. The lowest BCUT2D eigenvalue weighted by molar-refractivity contribution is -0.167. The Balaban J connectivity index is 4.53.